The molecule has 13 heteroatoms. The van der Waals surface area contributed by atoms with E-state index in [0.717, 1.165) is 0 Å². The van der Waals surface area contributed by atoms with Crippen LogP contribution in [-0.4, -0.2) is 48.5 Å². The van der Waals surface area contributed by atoms with Crippen molar-refractivity contribution in [3.8, 4) is 11.5 Å². The van der Waals surface area contributed by atoms with Crippen LogP contribution in [0.25, 0.3) is 11.0 Å². The molecule has 39 heavy (non-hydrogen) atoms. The lowest BCUT2D eigenvalue weighted by atomic mass is 10.2. The van der Waals surface area contributed by atoms with Gasteiger partial charge in [-0.05, 0) is 30.3 Å². The van der Waals surface area contributed by atoms with E-state index in [1.807, 2.05) is 6.07 Å². The highest BCUT2D eigenvalue weighted by Gasteiger charge is 2.20. The molecule has 2 heterocycles. The maximum Gasteiger partial charge on any atom is 0.273 e. The van der Waals surface area contributed by atoms with E-state index in [1.54, 1.807) is 42.5 Å². The molecule has 0 spiro atoms. The van der Waals surface area contributed by atoms with Crippen LogP contribution < -0.4 is 24.8 Å². The number of aromatic nitrogens is 4. The standard InChI is InChI=1S/C26H23N7O5S/c1-37-18-10-17(11-19(13-18)38-2)29-24-25(32-22-9-4-3-8-21(22)31-24)33-39(35,36)20-7-5-6-16(12-20)30-26(34)23-14-27-15-28-23/h3-15H,1-2H3,(H,27,28)(H,29,31)(H,30,34)(H,32,33). The Hall–Kier alpha value is -5.17. The second-order valence-electron chi connectivity index (χ2n) is 8.19. The average Bonchev–Trinajstić information content (AvgIpc) is 3.48. The monoisotopic (exact) mass is 545 g/mol. The number of hydrogen-bond donors (Lipinski definition) is 4. The van der Waals surface area contributed by atoms with Gasteiger partial charge in [0.15, 0.2) is 11.6 Å². The number of nitrogens with zero attached hydrogens (tertiary/aromatic N) is 3. The molecule has 0 unspecified atom stereocenters. The number of hydrogen-bond acceptors (Lipinski definition) is 9. The number of carbonyl (C=O) groups is 1. The van der Waals surface area contributed by atoms with Crippen LogP contribution in [0.3, 0.4) is 0 Å². The van der Waals surface area contributed by atoms with Crippen LogP contribution in [-0.2, 0) is 10.0 Å². The molecule has 0 bridgehead atoms. The smallest absolute Gasteiger partial charge is 0.273 e. The molecule has 0 saturated heterocycles. The van der Waals surface area contributed by atoms with Crippen LogP contribution >= 0.6 is 0 Å². The maximum atomic E-state index is 13.4. The fraction of sp³-hybridized carbons (Fsp3) is 0.0769. The molecule has 0 atom stereocenters. The number of aromatic amines is 1. The summed E-state index contributed by atoms with van der Waals surface area (Å²) in [6.07, 6.45) is 2.74. The van der Waals surface area contributed by atoms with E-state index >= 15 is 0 Å². The summed E-state index contributed by atoms with van der Waals surface area (Å²) in [5.74, 6) is 0.734. The van der Waals surface area contributed by atoms with E-state index in [9.17, 15) is 13.2 Å². The summed E-state index contributed by atoms with van der Waals surface area (Å²) in [6, 6.07) is 18.0. The zero-order valence-electron chi connectivity index (χ0n) is 20.8. The molecular formula is C26H23N7O5S. The lowest BCUT2D eigenvalue weighted by molar-refractivity contribution is 0.102. The lowest BCUT2D eigenvalue weighted by Gasteiger charge is -2.15. The topological polar surface area (TPSA) is 160 Å². The highest BCUT2D eigenvalue weighted by molar-refractivity contribution is 7.92. The van der Waals surface area contributed by atoms with Gasteiger partial charge in [-0.3, -0.25) is 9.52 Å². The number of sulfonamides is 1. The van der Waals surface area contributed by atoms with Crippen molar-refractivity contribution in [2.24, 2.45) is 0 Å². The Bertz CT molecular complexity index is 1740. The Morgan fingerprint density at radius 2 is 1.54 bits per heavy atom. The van der Waals surface area contributed by atoms with Crippen LogP contribution in [0.4, 0.5) is 23.0 Å². The molecule has 0 aliphatic rings. The fourth-order valence-electron chi connectivity index (χ4n) is 3.68. The van der Waals surface area contributed by atoms with Crippen LogP contribution in [0.2, 0.25) is 0 Å². The van der Waals surface area contributed by atoms with Gasteiger partial charge in [0.2, 0.25) is 0 Å². The minimum atomic E-state index is -4.15. The number of benzene rings is 3. The van der Waals surface area contributed by atoms with Crippen molar-refractivity contribution in [2.75, 3.05) is 29.6 Å². The van der Waals surface area contributed by atoms with Crippen molar-refractivity contribution in [2.45, 2.75) is 4.90 Å². The summed E-state index contributed by atoms with van der Waals surface area (Å²) in [5, 5.41) is 5.76. The summed E-state index contributed by atoms with van der Waals surface area (Å²) < 4.78 is 40.1. The first-order chi connectivity index (χ1) is 18.8. The summed E-state index contributed by atoms with van der Waals surface area (Å²) in [6.45, 7) is 0. The Morgan fingerprint density at radius 1 is 0.846 bits per heavy atom. The number of carbonyl (C=O) groups excluding carboxylic acids is 1. The molecule has 5 aromatic rings. The highest BCUT2D eigenvalue weighted by Crippen LogP contribution is 2.31. The van der Waals surface area contributed by atoms with Gasteiger partial charge in [-0.15, -0.1) is 0 Å². The van der Waals surface area contributed by atoms with E-state index in [4.69, 9.17) is 9.47 Å². The predicted octanol–water partition coefficient (Wildman–Crippen LogP) is 4.17. The number of nitrogens with one attached hydrogen (secondary N) is 4. The van der Waals surface area contributed by atoms with Crippen LogP contribution in [0.1, 0.15) is 10.5 Å². The quantitative estimate of drug-likeness (QED) is 0.213. The Morgan fingerprint density at radius 3 is 2.18 bits per heavy atom. The molecule has 5 rings (SSSR count). The average molecular weight is 546 g/mol. The molecule has 198 valence electrons. The molecule has 2 aromatic heterocycles. The summed E-state index contributed by atoms with van der Waals surface area (Å²) in [4.78, 5) is 27.9. The number of H-pyrrole nitrogens is 1. The van der Waals surface area contributed by atoms with Crippen molar-refractivity contribution in [1.29, 1.82) is 0 Å². The normalized spacial score (nSPS) is 11.1. The van der Waals surface area contributed by atoms with E-state index < -0.39 is 15.9 Å². The largest absolute Gasteiger partial charge is 0.497 e. The second kappa shape index (κ2) is 10.7. The molecule has 0 aliphatic heterocycles. The van der Waals surface area contributed by atoms with Gasteiger partial charge in [0, 0.05) is 29.6 Å². The molecule has 3 aromatic carbocycles. The first kappa shape index (κ1) is 25.5. The van der Waals surface area contributed by atoms with Gasteiger partial charge < -0.3 is 25.1 Å². The van der Waals surface area contributed by atoms with Crippen LogP contribution in [0.15, 0.2) is 84.1 Å². The van der Waals surface area contributed by atoms with Gasteiger partial charge in [0.05, 0.1) is 42.7 Å². The first-order valence-electron chi connectivity index (χ1n) is 11.5. The van der Waals surface area contributed by atoms with Gasteiger partial charge >= 0.3 is 0 Å². The molecule has 0 radical (unpaired) electrons. The molecule has 0 saturated carbocycles. The van der Waals surface area contributed by atoms with Gasteiger partial charge in [0.25, 0.3) is 15.9 Å². The lowest BCUT2D eigenvalue weighted by Crippen LogP contribution is -2.17. The Balaban J connectivity index is 1.49. The second-order valence-corrected chi connectivity index (χ2v) is 9.87. The minimum absolute atomic E-state index is 0.0256. The number of amides is 1. The van der Waals surface area contributed by atoms with Crippen molar-refractivity contribution in [1.82, 2.24) is 19.9 Å². The third-order valence-electron chi connectivity index (χ3n) is 5.56. The fourth-order valence-corrected chi connectivity index (χ4v) is 4.73. The number of imidazole rings is 1. The van der Waals surface area contributed by atoms with Crippen molar-refractivity contribution >= 4 is 50.0 Å². The summed E-state index contributed by atoms with van der Waals surface area (Å²) in [7, 11) is -1.09. The molecule has 0 fully saturated rings. The van der Waals surface area contributed by atoms with E-state index in [-0.39, 0.29) is 27.9 Å². The summed E-state index contributed by atoms with van der Waals surface area (Å²) in [5.41, 5.74) is 2.10. The number of fused-ring (bicyclic) bond motifs is 1. The van der Waals surface area contributed by atoms with E-state index in [0.29, 0.717) is 28.2 Å². The zero-order valence-corrected chi connectivity index (χ0v) is 21.6. The molecule has 1 amide bonds. The molecule has 12 nitrogen and oxygen atoms in total. The molecular weight excluding hydrogens is 522 g/mol. The highest BCUT2D eigenvalue weighted by atomic mass is 32.2. The number of anilines is 4. The van der Waals surface area contributed by atoms with Crippen LogP contribution in [0, 0.1) is 0 Å². The van der Waals surface area contributed by atoms with Gasteiger partial charge in [0.1, 0.15) is 17.2 Å². The SMILES string of the molecule is COc1cc(Nc2nc3ccccc3nc2NS(=O)(=O)c2cccc(NC(=O)c3cnc[nH]3)c2)cc(OC)c1. The van der Waals surface area contributed by atoms with Crippen molar-refractivity contribution in [3.63, 3.8) is 0 Å². The Labute approximate surface area is 223 Å². The number of ether oxygens (including phenoxy) is 2. The summed E-state index contributed by atoms with van der Waals surface area (Å²) >= 11 is 0. The van der Waals surface area contributed by atoms with Crippen molar-refractivity contribution in [3.05, 3.63) is 84.9 Å². The molecule has 4 N–H and O–H groups in total. The van der Waals surface area contributed by atoms with Crippen molar-refractivity contribution < 1.29 is 22.7 Å². The van der Waals surface area contributed by atoms with Gasteiger partial charge in [-0.2, -0.15) is 0 Å². The minimum Gasteiger partial charge on any atom is -0.497 e. The van der Waals surface area contributed by atoms with E-state index in [1.165, 1.54) is 44.9 Å². The third-order valence-corrected chi connectivity index (χ3v) is 6.90. The van der Waals surface area contributed by atoms with Gasteiger partial charge in [-0.1, -0.05) is 18.2 Å². The first-order valence-corrected chi connectivity index (χ1v) is 13.0. The van der Waals surface area contributed by atoms with Crippen LogP contribution in [0.5, 0.6) is 11.5 Å². The number of methoxy groups -OCH3 is 2. The number of para-hydroxylation sites is 2. The number of rotatable bonds is 9. The van der Waals surface area contributed by atoms with Gasteiger partial charge in [-0.25, -0.2) is 23.4 Å². The predicted molar refractivity (Wildman–Crippen MR) is 146 cm³/mol. The zero-order chi connectivity index (χ0) is 27.4. The maximum absolute atomic E-state index is 13.4. The molecule has 0 aliphatic carbocycles. The Kier molecular flexibility index (Phi) is 6.97. The van der Waals surface area contributed by atoms with E-state index in [2.05, 4.69) is 35.3 Å². The third kappa shape index (κ3) is 5.72.